The number of aryl methyl sites for hydroxylation is 1. The number of aromatic nitrogens is 6. The Morgan fingerprint density at radius 2 is 2.31 bits per heavy atom. The maximum atomic E-state index is 4.20. The molecule has 3 heterocycles. The van der Waals surface area contributed by atoms with Gasteiger partial charge in [-0.2, -0.15) is 5.10 Å². The largest absolute Gasteiger partial charge is 0.338 e. The van der Waals surface area contributed by atoms with Crippen LogP contribution in [0.4, 0.5) is 0 Å². The van der Waals surface area contributed by atoms with Gasteiger partial charge in [-0.1, -0.05) is 0 Å². The molecule has 13 heavy (non-hydrogen) atoms. The van der Waals surface area contributed by atoms with E-state index in [0.717, 1.165) is 17.0 Å². The number of nitrogens with one attached hydrogen (secondary N) is 1. The summed E-state index contributed by atoms with van der Waals surface area (Å²) in [5, 5.41) is 3.97. The zero-order chi connectivity index (χ0) is 8.84. The molecule has 0 fully saturated rings. The second-order valence-corrected chi connectivity index (χ2v) is 2.79. The van der Waals surface area contributed by atoms with Crippen molar-refractivity contribution in [3.8, 4) is 0 Å². The van der Waals surface area contributed by atoms with Crippen molar-refractivity contribution in [3.05, 3.63) is 18.5 Å². The van der Waals surface area contributed by atoms with Crippen molar-refractivity contribution in [1.29, 1.82) is 0 Å². The first kappa shape index (κ1) is 6.53. The van der Waals surface area contributed by atoms with Crippen molar-refractivity contribution in [2.24, 2.45) is 0 Å². The lowest BCUT2D eigenvalue weighted by molar-refractivity contribution is 0.931. The summed E-state index contributed by atoms with van der Waals surface area (Å²) < 4.78 is 1.61. The zero-order valence-corrected chi connectivity index (χ0v) is 6.89. The molecule has 0 atom stereocenters. The molecule has 0 aliphatic rings. The van der Waals surface area contributed by atoms with E-state index >= 15 is 0 Å². The first-order valence-corrected chi connectivity index (χ1v) is 3.85. The maximum absolute atomic E-state index is 4.20. The third-order valence-corrected chi connectivity index (χ3v) is 1.89. The van der Waals surface area contributed by atoms with Gasteiger partial charge < -0.3 is 4.98 Å². The molecule has 64 valence electrons. The van der Waals surface area contributed by atoms with Gasteiger partial charge in [0.25, 0.3) is 0 Å². The van der Waals surface area contributed by atoms with Crippen molar-refractivity contribution in [1.82, 2.24) is 29.5 Å². The Labute approximate surface area is 72.7 Å². The van der Waals surface area contributed by atoms with Crippen LogP contribution in [0.25, 0.3) is 16.8 Å². The van der Waals surface area contributed by atoms with Gasteiger partial charge in [-0.05, 0) is 6.92 Å². The standard InChI is InChI=1S/C7H6N6/c1-4-11-5-6(12-4)9-3-13-7(5)8-2-10-13/h2-3H,1H3,(H,11,12). The van der Waals surface area contributed by atoms with E-state index in [4.69, 9.17) is 0 Å². The SMILES string of the molecule is Cc1nc2ncn3ncnc3c2[nH]1. The summed E-state index contributed by atoms with van der Waals surface area (Å²) in [4.78, 5) is 15.5. The fourth-order valence-electron chi connectivity index (χ4n) is 1.35. The Morgan fingerprint density at radius 3 is 3.23 bits per heavy atom. The van der Waals surface area contributed by atoms with E-state index in [9.17, 15) is 0 Å². The smallest absolute Gasteiger partial charge is 0.184 e. The van der Waals surface area contributed by atoms with Gasteiger partial charge in [0.1, 0.15) is 24.0 Å². The topological polar surface area (TPSA) is 71.8 Å². The van der Waals surface area contributed by atoms with E-state index in [1.165, 1.54) is 6.33 Å². The van der Waals surface area contributed by atoms with Crippen molar-refractivity contribution < 1.29 is 0 Å². The van der Waals surface area contributed by atoms with Gasteiger partial charge in [0.2, 0.25) is 0 Å². The monoisotopic (exact) mass is 174 g/mol. The minimum Gasteiger partial charge on any atom is -0.338 e. The van der Waals surface area contributed by atoms with Crippen LogP contribution in [-0.2, 0) is 0 Å². The summed E-state index contributed by atoms with van der Waals surface area (Å²) in [5.74, 6) is 0.832. The number of aromatic amines is 1. The minimum absolute atomic E-state index is 0.679. The van der Waals surface area contributed by atoms with Crippen molar-refractivity contribution in [2.75, 3.05) is 0 Å². The summed E-state index contributed by atoms with van der Waals surface area (Å²) in [6.45, 7) is 1.88. The summed E-state index contributed by atoms with van der Waals surface area (Å²) in [6, 6.07) is 0. The second-order valence-electron chi connectivity index (χ2n) is 2.79. The molecule has 1 N–H and O–H groups in total. The number of imidazole rings is 1. The average Bonchev–Trinajstić information content (AvgIpc) is 2.65. The molecular formula is C7H6N6. The first-order valence-electron chi connectivity index (χ1n) is 3.85. The van der Waals surface area contributed by atoms with Crippen LogP contribution < -0.4 is 0 Å². The van der Waals surface area contributed by atoms with E-state index in [0.29, 0.717) is 5.65 Å². The second kappa shape index (κ2) is 2.03. The van der Waals surface area contributed by atoms with E-state index < -0.39 is 0 Å². The Hall–Kier alpha value is -1.98. The Bertz CT molecular complexity index is 577. The highest BCUT2D eigenvalue weighted by atomic mass is 15.3. The van der Waals surface area contributed by atoms with E-state index in [-0.39, 0.29) is 0 Å². The summed E-state index contributed by atoms with van der Waals surface area (Å²) >= 11 is 0. The molecule has 0 unspecified atom stereocenters. The molecule has 3 aromatic rings. The van der Waals surface area contributed by atoms with E-state index in [1.54, 1.807) is 10.8 Å². The molecule has 0 aliphatic carbocycles. The van der Waals surface area contributed by atoms with Crippen LogP contribution in [0.5, 0.6) is 0 Å². The van der Waals surface area contributed by atoms with Gasteiger partial charge in [0, 0.05) is 0 Å². The first-order chi connectivity index (χ1) is 6.34. The number of hydrogen-bond donors (Lipinski definition) is 1. The Balaban J connectivity index is 2.64. The zero-order valence-electron chi connectivity index (χ0n) is 6.89. The van der Waals surface area contributed by atoms with Crippen LogP contribution in [0.3, 0.4) is 0 Å². The van der Waals surface area contributed by atoms with Crippen LogP contribution in [-0.4, -0.2) is 29.5 Å². The highest BCUT2D eigenvalue weighted by molar-refractivity contribution is 5.84. The number of H-pyrrole nitrogens is 1. The molecule has 0 spiro atoms. The molecule has 0 radical (unpaired) electrons. The number of nitrogens with zero attached hydrogens (tertiary/aromatic N) is 5. The van der Waals surface area contributed by atoms with Crippen LogP contribution >= 0.6 is 0 Å². The Morgan fingerprint density at radius 1 is 1.38 bits per heavy atom. The molecule has 3 aromatic heterocycles. The molecule has 3 rings (SSSR count). The summed E-state index contributed by atoms with van der Waals surface area (Å²) in [6.07, 6.45) is 3.09. The van der Waals surface area contributed by atoms with Crippen molar-refractivity contribution in [3.63, 3.8) is 0 Å². The van der Waals surface area contributed by atoms with Crippen molar-refractivity contribution in [2.45, 2.75) is 6.92 Å². The summed E-state index contributed by atoms with van der Waals surface area (Å²) in [7, 11) is 0. The van der Waals surface area contributed by atoms with Gasteiger partial charge in [-0.3, -0.25) is 0 Å². The predicted molar refractivity (Wildman–Crippen MR) is 45.2 cm³/mol. The number of rotatable bonds is 0. The lowest BCUT2D eigenvalue weighted by Gasteiger charge is -1.89. The van der Waals surface area contributed by atoms with Gasteiger partial charge in [-0.25, -0.2) is 19.5 Å². The molecule has 0 saturated carbocycles. The molecule has 0 amide bonds. The number of fused-ring (bicyclic) bond motifs is 3. The minimum atomic E-state index is 0.679. The van der Waals surface area contributed by atoms with Gasteiger partial charge in [0.15, 0.2) is 11.3 Å². The van der Waals surface area contributed by atoms with Gasteiger partial charge in [0.05, 0.1) is 0 Å². The van der Waals surface area contributed by atoms with Gasteiger partial charge >= 0.3 is 0 Å². The highest BCUT2D eigenvalue weighted by Crippen LogP contribution is 2.11. The maximum Gasteiger partial charge on any atom is 0.184 e. The lowest BCUT2D eigenvalue weighted by Crippen LogP contribution is -1.90. The Kier molecular flexibility index (Phi) is 1.02. The quantitative estimate of drug-likeness (QED) is 0.532. The van der Waals surface area contributed by atoms with Crippen molar-refractivity contribution >= 4 is 16.8 Å². The molecule has 0 aromatic carbocycles. The molecule has 0 saturated heterocycles. The molecular weight excluding hydrogens is 168 g/mol. The number of hydrogen-bond acceptors (Lipinski definition) is 4. The fourth-order valence-corrected chi connectivity index (χ4v) is 1.35. The summed E-state index contributed by atoms with van der Waals surface area (Å²) in [5.41, 5.74) is 2.26. The fraction of sp³-hybridized carbons (Fsp3) is 0.143. The van der Waals surface area contributed by atoms with Crippen LogP contribution in [0, 0.1) is 6.92 Å². The van der Waals surface area contributed by atoms with Gasteiger partial charge in [-0.15, -0.1) is 0 Å². The van der Waals surface area contributed by atoms with Crippen LogP contribution in [0.1, 0.15) is 5.82 Å². The van der Waals surface area contributed by atoms with E-state index in [1.807, 2.05) is 6.92 Å². The highest BCUT2D eigenvalue weighted by Gasteiger charge is 2.06. The molecule has 0 aliphatic heterocycles. The van der Waals surface area contributed by atoms with Crippen LogP contribution in [0.15, 0.2) is 12.7 Å². The average molecular weight is 174 g/mol. The molecule has 6 heteroatoms. The molecule has 0 bridgehead atoms. The molecule has 6 nitrogen and oxygen atoms in total. The van der Waals surface area contributed by atoms with E-state index in [2.05, 4.69) is 25.0 Å². The third kappa shape index (κ3) is 0.765. The predicted octanol–water partition coefficient (Wildman–Crippen LogP) is 0.309. The third-order valence-electron chi connectivity index (χ3n) is 1.89. The lowest BCUT2D eigenvalue weighted by atomic mass is 10.5. The van der Waals surface area contributed by atoms with Crippen LogP contribution in [0.2, 0.25) is 0 Å². The normalized spacial score (nSPS) is 11.5.